The molecule has 1 heterocycles. The van der Waals surface area contributed by atoms with E-state index in [9.17, 15) is 4.79 Å². The van der Waals surface area contributed by atoms with Crippen LogP contribution in [-0.2, 0) is 4.74 Å². The zero-order valence-corrected chi connectivity index (χ0v) is 10.9. The molecule has 0 radical (unpaired) electrons. The molecular formula is C15H15NO3. The summed E-state index contributed by atoms with van der Waals surface area (Å²) in [5.74, 6) is 0.585. The van der Waals surface area contributed by atoms with E-state index in [-0.39, 0.29) is 11.8 Å². The first-order valence-corrected chi connectivity index (χ1v) is 6.06. The van der Waals surface area contributed by atoms with Gasteiger partial charge in [0.15, 0.2) is 5.69 Å². The summed E-state index contributed by atoms with van der Waals surface area (Å²) in [4.78, 5) is 15.8. The summed E-state index contributed by atoms with van der Waals surface area (Å²) in [6, 6.07) is 14.3. The maximum absolute atomic E-state index is 11.7. The standard InChI is InChI=1S/C15H15NO3/c1-11(2)18-15(17)13-9-6-10-14(16-13)19-12-7-4-3-5-8-12/h3-11H,1-2H3. The molecule has 0 spiro atoms. The highest BCUT2D eigenvalue weighted by atomic mass is 16.5. The first-order chi connectivity index (χ1) is 9.15. The van der Waals surface area contributed by atoms with Crippen LogP contribution in [0.2, 0.25) is 0 Å². The number of para-hydroxylation sites is 1. The maximum Gasteiger partial charge on any atom is 0.357 e. The summed E-state index contributed by atoms with van der Waals surface area (Å²) in [6.07, 6.45) is -0.173. The number of pyridine rings is 1. The van der Waals surface area contributed by atoms with Crippen molar-refractivity contribution in [1.29, 1.82) is 0 Å². The van der Waals surface area contributed by atoms with Crippen molar-refractivity contribution in [1.82, 2.24) is 4.98 Å². The van der Waals surface area contributed by atoms with E-state index in [0.717, 1.165) is 0 Å². The predicted molar refractivity (Wildman–Crippen MR) is 71.3 cm³/mol. The normalized spacial score (nSPS) is 10.3. The van der Waals surface area contributed by atoms with E-state index in [1.54, 1.807) is 32.0 Å². The van der Waals surface area contributed by atoms with Crippen LogP contribution in [0.25, 0.3) is 0 Å². The van der Waals surface area contributed by atoms with Crippen LogP contribution in [-0.4, -0.2) is 17.1 Å². The molecule has 0 bridgehead atoms. The summed E-state index contributed by atoms with van der Waals surface area (Å²) in [5.41, 5.74) is 0.238. The molecule has 1 aromatic carbocycles. The fourth-order valence-electron chi connectivity index (χ4n) is 1.47. The van der Waals surface area contributed by atoms with Gasteiger partial charge in [0.25, 0.3) is 0 Å². The number of rotatable bonds is 4. The molecular weight excluding hydrogens is 242 g/mol. The van der Waals surface area contributed by atoms with E-state index in [0.29, 0.717) is 11.6 Å². The Bertz CT molecular complexity index is 552. The lowest BCUT2D eigenvalue weighted by molar-refractivity contribution is 0.0370. The van der Waals surface area contributed by atoms with Crippen LogP contribution < -0.4 is 4.74 Å². The third kappa shape index (κ3) is 3.81. The summed E-state index contributed by atoms with van der Waals surface area (Å²) in [5, 5.41) is 0. The van der Waals surface area contributed by atoms with Gasteiger partial charge in [0.1, 0.15) is 5.75 Å². The van der Waals surface area contributed by atoms with Crippen molar-refractivity contribution in [3.63, 3.8) is 0 Å². The number of ether oxygens (including phenoxy) is 2. The molecule has 2 aromatic rings. The maximum atomic E-state index is 11.7. The minimum Gasteiger partial charge on any atom is -0.458 e. The quantitative estimate of drug-likeness (QED) is 0.787. The van der Waals surface area contributed by atoms with Gasteiger partial charge in [0.05, 0.1) is 6.10 Å². The van der Waals surface area contributed by atoms with E-state index in [1.807, 2.05) is 30.3 Å². The summed E-state index contributed by atoms with van der Waals surface area (Å²) in [6.45, 7) is 3.59. The Labute approximate surface area is 112 Å². The number of carbonyl (C=O) groups is 1. The number of carbonyl (C=O) groups excluding carboxylic acids is 1. The van der Waals surface area contributed by atoms with Crippen molar-refractivity contribution in [3.8, 4) is 11.6 Å². The molecule has 0 saturated carbocycles. The molecule has 1 aromatic heterocycles. The Morgan fingerprint density at radius 1 is 1.05 bits per heavy atom. The second kappa shape index (κ2) is 6.00. The number of hydrogen-bond acceptors (Lipinski definition) is 4. The number of esters is 1. The zero-order valence-electron chi connectivity index (χ0n) is 10.9. The van der Waals surface area contributed by atoms with Crippen LogP contribution in [0.15, 0.2) is 48.5 Å². The molecule has 0 aliphatic rings. The average molecular weight is 257 g/mol. The summed E-state index contributed by atoms with van der Waals surface area (Å²) in [7, 11) is 0. The highest BCUT2D eigenvalue weighted by Gasteiger charge is 2.11. The molecule has 0 N–H and O–H groups in total. The fourth-order valence-corrected chi connectivity index (χ4v) is 1.47. The van der Waals surface area contributed by atoms with Gasteiger partial charge >= 0.3 is 5.97 Å². The Morgan fingerprint density at radius 3 is 2.47 bits per heavy atom. The topological polar surface area (TPSA) is 48.4 Å². The van der Waals surface area contributed by atoms with Crippen LogP contribution in [0.4, 0.5) is 0 Å². The molecule has 0 aliphatic heterocycles. The Balaban J connectivity index is 2.13. The van der Waals surface area contributed by atoms with E-state index in [2.05, 4.69) is 4.98 Å². The molecule has 19 heavy (non-hydrogen) atoms. The highest BCUT2D eigenvalue weighted by Crippen LogP contribution is 2.19. The van der Waals surface area contributed by atoms with Gasteiger partial charge in [-0.15, -0.1) is 0 Å². The molecule has 0 atom stereocenters. The van der Waals surface area contributed by atoms with E-state index in [1.165, 1.54) is 0 Å². The minimum atomic E-state index is -0.450. The molecule has 0 aliphatic carbocycles. The van der Waals surface area contributed by atoms with Crippen LogP contribution >= 0.6 is 0 Å². The van der Waals surface area contributed by atoms with Gasteiger partial charge < -0.3 is 9.47 Å². The van der Waals surface area contributed by atoms with Gasteiger partial charge in [-0.25, -0.2) is 9.78 Å². The van der Waals surface area contributed by atoms with Gasteiger partial charge in [0, 0.05) is 6.07 Å². The lowest BCUT2D eigenvalue weighted by Crippen LogP contribution is -2.13. The Morgan fingerprint density at radius 2 is 1.79 bits per heavy atom. The van der Waals surface area contributed by atoms with E-state index >= 15 is 0 Å². The Kier molecular flexibility index (Phi) is 4.13. The predicted octanol–water partition coefficient (Wildman–Crippen LogP) is 3.44. The second-order valence-electron chi connectivity index (χ2n) is 4.23. The molecule has 4 nitrogen and oxygen atoms in total. The van der Waals surface area contributed by atoms with Crippen molar-refractivity contribution >= 4 is 5.97 Å². The van der Waals surface area contributed by atoms with Crippen LogP contribution in [0.1, 0.15) is 24.3 Å². The van der Waals surface area contributed by atoms with Gasteiger partial charge in [0.2, 0.25) is 5.88 Å². The Hall–Kier alpha value is -2.36. The summed E-state index contributed by atoms with van der Waals surface area (Å²) < 4.78 is 10.6. The van der Waals surface area contributed by atoms with Crippen LogP contribution in [0.3, 0.4) is 0 Å². The third-order valence-electron chi connectivity index (χ3n) is 2.24. The summed E-state index contributed by atoms with van der Waals surface area (Å²) >= 11 is 0. The lowest BCUT2D eigenvalue weighted by atomic mass is 10.3. The zero-order chi connectivity index (χ0) is 13.7. The van der Waals surface area contributed by atoms with Crippen molar-refractivity contribution in [3.05, 3.63) is 54.2 Å². The molecule has 4 heteroatoms. The first-order valence-electron chi connectivity index (χ1n) is 6.06. The smallest absolute Gasteiger partial charge is 0.357 e. The van der Waals surface area contributed by atoms with Crippen LogP contribution in [0.5, 0.6) is 11.6 Å². The molecule has 0 unspecified atom stereocenters. The molecule has 0 amide bonds. The van der Waals surface area contributed by atoms with Crippen molar-refractivity contribution in [2.75, 3.05) is 0 Å². The molecule has 2 rings (SSSR count). The molecule has 0 saturated heterocycles. The van der Waals surface area contributed by atoms with E-state index < -0.39 is 5.97 Å². The SMILES string of the molecule is CC(C)OC(=O)c1cccc(Oc2ccccc2)n1. The van der Waals surface area contributed by atoms with Gasteiger partial charge in [-0.2, -0.15) is 0 Å². The third-order valence-corrected chi connectivity index (χ3v) is 2.24. The van der Waals surface area contributed by atoms with Crippen molar-refractivity contribution < 1.29 is 14.3 Å². The minimum absolute atomic E-state index is 0.173. The van der Waals surface area contributed by atoms with Crippen molar-refractivity contribution in [2.45, 2.75) is 20.0 Å². The number of benzene rings is 1. The van der Waals surface area contributed by atoms with E-state index in [4.69, 9.17) is 9.47 Å². The van der Waals surface area contributed by atoms with Crippen molar-refractivity contribution in [2.24, 2.45) is 0 Å². The largest absolute Gasteiger partial charge is 0.458 e. The fraction of sp³-hybridized carbons (Fsp3) is 0.200. The van der Waals surface area contributed by atoms with Gasteiger partial charge in [-0.3, -0.25) is 0 Å². The van der Waals surface area contributed by atoms with Gasteiger partial charge in [-0.05, 0) is 32.0 Å². The molecule has 0 fully saturated rings. The number of hydrogen-bond donors (Lipinski definition) is 0. The monoisotopic (exact) mass is 257 g/mol. The highest BCUT2D eigenvalue weighted by molar-refractivity contribution is 5.87. The van der Waals surface area contributed by atoms with Gasteiger partial charge in [-0.1, -0.05) is 24.3 Å². The number of aromatic nitrogens is 1. The first kappa shape index (κ1) is 13.1. The second-order valence-corrected chi connectivity index (χ2v) is 4.23. The average Bonchev–Trinajstić information content (AvgIpc) is 2.39. The molecule has 98 valence electrons. The van der Waals surface area contributed by atoms with Crippen LogP contribution in [0, 0.1) is 0 Å². The number of nitrogens with zero attached hydrogens (tertiary/aromatic N) is 1. The lowest BCUT2D eigenvalue weighted by Gasteiger charge is -2.08.